The van der Waals surface area contributed by atoms with Crippen LogP contribution in [0.15, 0.2) is 0 Å². The Bertz CT molecular complexity index is 264. The molecule has 0 spiro atoms. The third-order valence-corrected chi connectivity index (χ3v) is 2.83. The van der Waals surface area contributed by atoms with E-state index in [-0.39, 0.29) is 30.3 Å². The van der Waals surface area contributed by atoms with E-state index in [4.69, 9.17) is 5.73 Å². The predicted octanol–water partition coefficient (Wildman–Crippen LogP) is 0.297. The summed E-state index contributed by atoms with van der Waals surface area (Å²) in [5, 5.41) is 0. The zero-order valence-corrected chi connectivity index (χ0v) is 11.6. The number of amides is 2. The van der Waals surface area contributed by atoms with E-state index in [2.05, 4.69) is 0 Å². The molecule has 0 aliphatic heterocycles. The van der Waals surface area contributed by atoms with Crippen molar-refractivity contribution in [1.29, 1.82) is 0 Å². The second-order valence-electron chi connectivity index (χ2n) is 4.81. The summed E-state index contributed by atoms with van der Waals surface area (Å²) in [5.74, 6) is 0.143. The Morgan fingerprint density at radius 1 is 1.18 bits per heavy atom. The summed E-state index contributed by atoms with van der Waals surface area (Å²) >= 11 is 0. The minimum absolute atomic E-state index is 0.0519. The second-order valence-corrected chi connectivity index (χ2v) is 4.81. The standard InChI is InChI=1S/C12H25N3O2/c1-6-15(8-12(17)14(4)5)11(16)7-10(13)9(2)3/h9-10H,6-8,13H2,1-5H3. The first-order valence-electron chi connectivity index (χ1n) is 6.03. The molecular weight excluding hydrogens is 218 g/mol. The molecule has 0 aromatic heterocycles. The van der Waals surface area contributed by atoms with Gasteiger partial charge in [-0.15, -0.1) is 0 Å². The molecule has 17 heavy (non-hydrogen) atoms. The SMILES string of the molecule is CCN(CC(=O)N(C)C)C(=O)CC(N)C(C)C. The van der Waals surface area contributed by atoms with Crippen molar-refractivity contribution in [3.05, 3.63) is 0 Å². The lowest BCUT2D eigenvalue weighted by molar-refractivity contribution is -0.139. The molecule has 0 rings (SSSR count). The number of carbonyl (C=O) groups excluding carboxylic acids is 2. The number of likely N-dealkylation sites (N-methyl/N-ethyl adjacent to an activating group) is 2. The largest absolute Gasteiger partial charge is 0.347 e. The summed E-state index contributed by atoms with van der Waals surface area (Å²) in [6.07, 6.45) is 0.298. The molecule has 5 nitrogen and oxygen atoms in total. The molecule has 0 heterocycles. The van der Waals surface area contributed by atoms with Gasteiger partial charge in [-0.25, -0.2) is 0 Å². The van der Waals surface area contributed by atoms with Crippen molar-refractivity contribution in [2.45, 2.75) is 33.2 Å². The van der Waals surface area contributed by atoms with E-state index in [0.29, 0.717) is 13.0 Å². The summed E-state index contributed by atoms with van der Waals surface area (Å²) < 4.78 is 0. The highest BCUT2D eigenvalue weighted by molar-refractivity contribution is 5.84. The van der Waals surface area contributed by atoms with Gasteiger partial charge in [0.15, 0.2) is 0 Å². The highest BCUT2D eigenvalue weighted by atomic mass is 16.2. The van der Waals surface area contributed by atoms with Gasteiger partial charge in [-0.1, -0.05) is 13.8 Å². The molecule has 0 radical (unpaired) electrons. The van der Waals surface area contributed by atoms with E-state index in [1.54, 1.807) is 19.0 Å². The molecule has 0 fully saturated rings. The lowest BCUT2D eigenvalue weighted by atomic mass is 10.0. The van der Waals surface area contributed by atoms with E-state index in [1.165, 1.54) is 4.90 Å². The number of rotatable bonds is 6. The van der Waals surface area contributed by atoms with Crippen molar-refractivity contribution in [2.24, 2.45) is 11.7 Å². The Labute approximate surface area is 104 Å². The highest BCUT2D eigenvalue weighted by Crippen LogP contribution is 2.06. The summed E-state index contributed by atoms with van der Waals surface area (Å²) in [6, 6.07) is -0.147. The van der Waals surface area contributed by atoms with Crippen molar-refractivity contribution < 1.29 is 9.59 Å². The van der Waals surface area contributed by atoms with Crippen LogP contribution >= 0.6 is 0 Å². The Kier molecular flexibility index (Phi) is 6.80. The van der Waals surface area contributed by atoms with Gasteiger partial charge in [0.25, 0.3) is 0 Å². The van der Waals surface area contributed by atoms with Gasteiger partial charge in [0, 0.05) is 33.1 Å². The van der Waals surface area contributed by atoms with Gasteiger partial charge in [0.1, 0.15) is 0 Å². The number of carbonyl (C=O) groups is 2. The molecule has 0 saturated heterocycles. The lowest BCUT2D eigenvalue weighted by Crippen LogP contribution is -2.43. The van der Waals surface area contributed by atoms with Crippen molar-refractivity contribution in [3.63, 3.8) is 0 Å². The van der Waals surface area contributed by atoms with Gasteiger partial charge >= 0.3 is 0 Å². The van der Waals surface area contributed by atoms with Crippen LogP contribution in [0.1, 0.15) is 27.2 Å². The molecule has 2 N–H and O–H groups in total. The molecule has 1 atom stereocenters. The third kappa shape index (κ3) is 5.68. The fraction of sp³-hybridized carbons (Fsp3) is 0.833. The first-order valence-corrected chi connectivity index (χ1v) is 6.03. The number of hydrogen-bond acceptors (Lipinski definition) is 3. The normalized spacial score (nSPS) is 12.4. The molecular formula is C12H25N3O2. The Hall–Kier alpha value is -1.10. The zero-order chi connectivity index (χ0) is 13.6. The lowest BCUT2D eigenvalue weighted by Gasteiger charge is -2.24. The van der Waals surface area contributed by atoms with Crippen LogP contribution in [-0.2, 0) is 9.59 Å². The Morgan fingerprint density at radius 2 is 1.71 bits per heavy atom. The minimum Gasteiger partial charge on any atom is -0.347 e. The van der Waals surface area contributed by atoms with Crippen LogP contribution < -0.4 is 5.73 Å². The maximum atomic E-state index is 11.9. The van der Waals surface area contributed by atoms with Gasteiger partial charge in [0.05, 0.1) is 6.54 Å². The third-order valence-electron chi connectivity index (χ3n) is 2.83. The Balaban J connectivity index is 4.36. The van der Waals surface area contributed by atoms with Crippen LogP contribution in [0.2, 0.25) is 0 Å². The molecule has 0 aromatic carbocycles. The number of nitrogens with two attached hydrogens (primary N) is 1. The number of hydrogen-bond donors (Lipinski definition) is 1. The summed E-state index contributed by atoms with van der Waals surface area (Å²) in [4.78, 5) is 26.5. The monoisotopic (exact) mass is 243 g/mol. The molecule has 0 aromatic rings. The summed E-state index contributed by atoms with van der Waals surface area (Å²) in [7, 11) is 3.36. The molecule has 0 aliphatic rings. The average molecular weight is 243 g/mol. The highest BCUT2D eigenvalue weighted by Gasteiger charge is 2.20. The molecule has 5 heteroatoms. The summed E-state index contributed by atoms with van der Waals surface area (Å²) in [6.45, 7) is 6.50. The first kappa shape index (κ1) is 15.9. The van der Waals surface area contributed by atoms with Gasteiger partial charge in [-0.05, 0) is 12.8 Å². The van der Waals surface area contributed by atoms with Crippen LogP contribution in [0.5, 0.6) is 0 Å². The van der Waals surface area contributed by atoms with Crippen LogP contribution in [-0.4, -0.2) is 54.8 Å². The smallest absolute Gasteiger partial charge is 0.241 e. The molecule has 0 saturated carbocycles. The molecule has 0 aliphatic carbocycles. The van der Waals surface area contributed by atoms with Crippen molar-refractivity contribution in [3.8, 4) is 0 Å². The predicted molar refractivity (Wildman–Crippen MR) is 68.4 cm³/mol. The van der Waals surface area contributed by atoms with E-state index in [0.717, 1.165) is 0 Å². The Morgan fingerprint density at radius 3 is 2.06 bits per heavy atom. The minimum atomic E-state index is -0.147. The quantitative estimate of drug-likeness (QED) is 0.729. The van der Waals surface area contributed by atoms with E-state index < -0.39 is 0 Å². The molecule has 1 unspecified atom stereocenters. The van der Waals surface area contributed by atoms with Crippen molar-refractivity contribution in [1.82, 2.24) is 9.80 Å². The van der Waals surface area contributed by atoms with Crippen molar-refractivity contribution in [2.75, 3.05) is 27.2 Å². The van der Waals surface area contributed by atoms with Crippen LogP contribution in [0.4, 0.5) is 0 Å². The maximum absolute atomic E-state index is 11.9. The fourth-order valence-electron chi connectivity index (χ4n) is 1.25. The fourth-order valence-corrected chi connectivity index (χ4v) is 1.25. The van der Waals surface area contributed by atoms with Gasteiger partial charge in [-0.2, -0.15) is 0 Å². The molecule has 0 bridgehead atoms. The summed E-state index contributed by atoms with van der Waals surface area (Å²) in [5.41, 5.74) is 5.86. The zero-order valence-electron chi connectivity index (χ0n) is 11.6. The van der Waals surface area contributed by atoms with E-state index in [1.807, 2.05) is 20.8 Å². The van der Waals surface area contributed by atoms with Crippen LogP contribution in [0.3, 0.4) is 0 Å². The maximum Gasteiger partial charge on any atom is 0.241 e. The van der Waals surface area contributed by atoms with Crippen LogP contribution in [0, 0.1) is 5.92 Å². The van der Waals surface area contributed by atoms with E-state index >= 15 is 0 Å². The second kappa shape index (κ2) is 7.27. The van der Waals surface area contributed by atoms with Crippen LogP contribution in [0.25, 0.3) is 0 Å². The topological polar surface area (TPSA) is 66.6 Å². The first-order chi connectivity index (χ1) is 7.79. The molecule has 2 amide bonds. The molecule has 100 valence electrons. The van der Waals surface area contributed by atoms with Gasteiger partial charge in [0.2, 0.25) is 11.8 Å². The number of nitrogens with zero attached hydrogens (tertiary/aromatic N) is 2. The van der Waals surface area contributed by atoms with Crippen molar-refractivity contribution >= 4 is 11.8 Å². The van der Waals surface area contributed by atoms with Gasteiger partial charge in [-0.3, -0.25) is 9.59 Å². The van der Waals surface area contributed by atoms with Gasteiger partial charge < -0.3 is 15.5 Å². The van der Waals surface area contributed by atoms with E-state index in [9.17, 15) is 9.59 Å². The average Bonchev–Trinajstić information content (AvgIpc) is 2.24.